The topological polar surface area (TPSA) is 86.9 Å². The molecule has 24 heavy (non-hydrogen) atoms. The third kappa shape index (κ3) is 4.49. The van der Waals surface area contributed by atoms with Crippen LogP contribution >= 0.6 is 23.2 Å². The van der Waals surface area contributed by atoms with Gasteiger partial charge in [0.05, 0.1) is 27.5 Å². The number of rotatable bonds is 7. The Morgan fingerprint density at radius 2 is 1.88 bits per heavy atom. The lowest BCUT2D eigenvalue weighted by molar-refractivity contribution is 0.0949. The van der Waals surface area contributed by atoms with E-state index in [-0.39, 0.29) is 32.9 Å². The number of halogens is 2. The lowest BCUT2D eigenvalue weighted by Crippen LogP contribution is -2.26. The number of carbonyl (C=O) groups is 2. The zero-order chi connectivity index (χ0) is 17.5. The molecule has 2 amide bonds. The normalized spacial score (nSPS) is 10.5. The Balaban J connectivity index is 2.07. The average molecular weight is 369 g/mol. The summed E-state index contributed by atoms with van der Waals surface area (Å²) in [5.41, 5.74) is 0.600. The predicted molar refractivity (Wildman–Crippen MR) is 94.9 cm³/mol. The molecule has 3 N–H and O–H groups in total. The summed E-state index contributed by atoms with van der Waals surface area (Å²) in [6, 6.07) is 4.78. The Bertz CT molecular complexity index is 710. The summed E-state index contributed by atoms with van der Waals surface area (Å²) in [6.07, 6.45) is 4.37. The number of benzene rings is 1. The van der Waals surface area contributed by atoms with Crippen LogP contribution in [0.4, 0.5) is 5.69 Å². The molecule has 1 aromatic carbocycles. The summed E-state index contributed by atoms with van der Waals surface area (Å²) in [7, 11) is 0. The molecule has 0 aliphatic heterocycles. The Labute approximate surface area is 149 Å². The quantitative estimate of drug-likeness (QED) is 0.647. The van der Waals surface area contributed by atoms with Crippen LogP contribution in [0, 0.1) is 0 Å². The molecular formula is C16H18Cl2N4O2. The third-order valence-corrected chi connectivity index (χ3v) is 4.00. The molecule has 0 atom stereocenters. The van der Waals surface area contributed by atoms with Crippen molar-refractivity contribution >= 4 is 40.7 Å². The van der Waals surface area contributed by atoms with Gasteiger partial charge >= 0.3 is 0 Å². The third-order valence-electron chi connectivity index (χ3n) is 3.37. The highest BCUT2D eigenvalue weighted by atomic mass is 35.5. The molecule has 0 aliphatic carbocycles. The smallest absolute Gasteiger partial charge is 0.271 e. The maximum absolute atomic E-state index is 12.4. The highest BCUT2D eigenvalue weighted by Gasteiger charge is 2.19. The average Bonchev–Trinajstić information content (AvgIpc) is 2.99. The van der Waals surface area contributed by atoms with Crippen molar-refractivity contribution in [3.05, 3.63) is 45.7 Å². The van der Waals surface area contributed by atoms with Crippen LogP contribution < -0.4 is 10.6 Å². The minimum absolute atomic E-state index is 0.149. The molecule has 128 valence electrons. The van der Waals surface area contributed by atoms with Gasteiger partial charge in [-0.05, 0) is 18.6 Å². The molecule has 1 heterocycles. The standard InChI is InChI=1S/C16H18Cl2N4O2/c1-2-3-4-8-19-16(24)14-12(9-20-22-14)21-15(23)13-10(17)6-5-7-11(13)18/h5-7,9H,2-4,8H2,1H3,(H,19,24)(H,20,22)(H,21,23). The zero-order valence-electron chi connectivity index (χ0n) is 13.2. The second-order valence-corrected chi connectivity index (χ2v) is 5.99. The second kappa shape index (κ2) is 8.70. The summed E-state index contributed by atoms with van der Waals surface area (Å²) in [5.74, 6) is -0.837. The molecule has 0 saturated carbocycles. The number of aromatic amines is 1. The highest BCUT2D eigenvalue weighted by Crippen LogP contribution is 2.25. The summed E-state index contributed by atoms with van der Waals surface area (Å²) in [4.78, 5) is 24.5. The molecule has 0 unspecified atom stereocenters. The van der Waals surface area contributed by atoms with E-state index >= 15 is 0 Å². The van der Waals surface area contributed by atoms with Gasteiger partial charge < -0.3 is 10.6 Å². The lowest BCUT2D eigenvalue weighted by Gasteiger charge is -2.09. The van der Waals surface area contributed by atoms with Gasteiger partial charge in [-0.2, -0.15) is 5.10 Å². The van der Waals surface area contributed by atoms with Crippen LogP contribution in [0.3, 0.4) is 0 Å². The summed E-state index contributed by atoms with van der Waals surface area (Å²) in [6.45, 7) is 2.65. The van der Waals surface area contributed by atoms with Gasteiger partial charge in [0.15, 0.2) is 0 Å². The minimum atomic E-state index is -0.507. The number of hydrogen-bond donors (Lipinski definition) is 3. The zero-order valence-corrected chi connectivity index (χ0v) is 14.7. The molecule has 2 rings (SSSR count). The number of amides is 2. The van der Waals surface area contributed by atoms with Crippen LogP contribution in [0.2, 0.25) is 10.0 Å². The van der Waals surface area contributed by atoms with E-state index in [9.17, 15) is 9.59 Å². The van der Waals surface area contributed by atoms with Gasteiger partial charge in [0, 0.05) is 6.54 Å². The number of anilines is 1. The number of carbonyl (C=O) groups excluding carboxylic acids is 2. The molecule has 8 heteroatoms. The Hall–Kier alpha value is -2.05. The summed E-state index contributed by atoms with van der Waals surface area (Å²) in [5, 5.41) is 12.3. The van der Waals surface area contributed by atoms with Crippen LogP contribution in [0.1, 0.15) is 47.0 Å². The van der Waals surface area contributed by atoms with Gasteiger partial charge in [-0.1, -0.05) is 49.0 Å². The van der Waals surface area contributed by atoms with Crippen molar-refractivity contribution in [1.29, 1.82) is 0 Å². The lowest BCUT2D eigenvalue weighted by atomic mass is 10.2. The van der Waals surface area contributed by atoms with Crippen LogP contribution in [0.25, 0.3) is 0 Å². The minimum Gasteiger partial charge on any atom is -0.351 e. The van der Waals surface area contributed by atoms with E-state index < -0.39 is 5.91 Å². The van der Waals surface area contributed by atoms with Gasteiger partial charge in [-0.3, -0.25) is 14.7 Å². The van der Waals surface area contributed by atoms with E-state index in [1.807, 2.05) is 0 Å². The van der Waals surface area contributed by atoms with E-state index in [0.29, 0.717) is 6.54 Å². The first kappa shape index (κ1) is 18.3. The van der Waals surface area contributed by atoms with Gasteiger partial charge in [0.25, 0.3) is 11.8 Å². The summed E-state index contributed by atoms with van der Waals surface area (Å²) >= 11 is 12.0. The fourth-order valence-corrected chi connectivity index (χ4v) is 2.69. The Morgan fingerprint density at radius 1 is 1.17 bits per heavy atom. The number of unbranched alkanes of at least 4 members (excludes halogenated alkanes) is 2. The molecule has 0 aliphatic rings. The molecule has 2 aromatic rings. The maximum Gasteiger partial charge on any atom is 0.271 e. The first-order chi connectivity index (χ1) is 11.5. The van der Waals surface area contributed by atoms with Gasteiger partial charge in [-0.25, -0.2) is 0 Å². The van der Waals surface area contributed by atoms with Gasteiger partial charge in [0.2, 0.25) is 0 Å². The van der Waals surface area contributed by atoms with E-state index in [2.05, 4.69) is 27.8 Å². The first-order valence-corrected chi connectivity index (χ1v) is 8.37. The van der Waals surface area contributed by atoms with Crippen LogP contribution in [0.5, 0.6) is 0 Å². The van der Waals surface area contributed by atoms with E-state index in [1.165, 1.54) is 6.20 Å². The molecule has 0 saturated heterocycles. The van der Waals surface area contributed by atoms with Crippen molar-refractivity contribution in [1.82, 2.24) is 15.5 Å². The van der Waals surface area contributed by atoms with E-state index in [1.54, 1.807) is 18.2 Å². The molecular weight excluding hydrogens is 351 g/mol. The SMILES string of the molecule is CCCCCNC(=O)c1[nH]ncc1NC(=O)c1c(Cl)cccc1Cl. The Kier molecular flexibility index (Phi) is 6.63. The summed E-state index contributed by atoms with van der Waals surface area (Å²) < 4.78 is 0. The molecule has 1 aromatic heterocycles. The monoisotopic (exact) mass is 368 g/mol. The molecule has 6 nitrogen and oxygen atoms in total. The van der Waals surface area contributed by atoms with Crippen molar-refractivity contribution in [2.24, 2.45) is 0 Å². The molecule has 0 fully saturated rings. The fraction of sp³-hybridized carbons (Fsp3) is 0.312. The van der Waals surface area contributed by atoms with Gasteiger partial charge in [0.1, 0.15) is 5.69 Å². The molecule has 0 bridgehead atoms. The predicted octanol–water partition coefficient (Wildman–Crippen LogP) is 3.89. The largest absolute Gasteiger partial charge is 0.351 e. The molecule has 0 spiro atoms. The van der Waals surface area contributed by atoms with Crippen LogP contribution in [-0.4, -0.2) is 28.6 Å². The number of H-pyrrole nitrogens is 1. The van der Waals surface area contributed by atoms with Crippen molar-refractivity contribution in [3.63, 3.8) is 0 Å². The van der Waals surface area contributed by atoms with Crippen molar-refractivity contribution in [3.8, 4) is 0 Å². The van der Waals surface area contributed by atoms with Gasteiger partial charge in [-0.15, -0.1) is 0 Å². The fourth-order valence-electron chi connectivity index (χ4n) is 2.12. The van der Waals surface area contributed by atoms with Crippen molar-refractivity contribution < 1.29 is 9.59 Å². The maximum atomic E-state index is 12.4. The second-order valence-electron chi connectivity index (χ2n) is 5.17. The van der Waals surface area contributed by atoms with Crippen molar-refractivity contribution in [2.45, 2.75) is 26.2 Å². The number of aromatic nitrogens is 2. The Morgan fingerprint density at radius 3 is 2.54 bits per heavy atom. The molecule has 0 radical (unpaired) electrons. The van der Waals surface area contributed by atoms with Crippen molar-refractivity contribution in [2.75, 3.05) is 11.9 Å². The highest BCUT2D eigenvalue weighted by molar-refractivity contribution is 6.40. The van der Waals surface area contributed by atoms with E-state index in [4.69, 9.17) is 23.2 Å². The number of nitrogens with one attached hydrogen (secondary N) is 3. The number of nitrogens with zero attached hydrogens (tertiary/aromatic N) is 1. The van der Waals surface area contributed by atoms with E-state index in [0.717, 1.165) is 19.3 Å². The van der Waals surface area contributed by atoms with Crippen LogP contribution in [-0.2, 0) is 0 Å². The van der Waals surface area contributed by atoms with Crippen LogP contribution in [0.15, 0.2) is 24.4 Å². The first-order valence-electron chi connectivity index (χ1n) is 7.61. The number of hydrogen-bond acceptors (Lipinski definition) is 3.